The summed E-state index contributed by atoms with van der Waals surface area (Å²) in [5.74, 6) is 0.880. The third-order valence-corrected chi connectivity index (χ3v) is 2.66. The molecule has 0 N–H and O–H groups in total. The number of hydrogen-bond acceptors (Lipinski definition) is 4. The molecule has 4 heteroatoms. The Kier molecular flexibility index (Phi) is 6.19. The van der Waals surface area contributed by atoms with Crippen LogP contribution in [-0.2, 0) is 4.74 Å². The van der Waals surface area contributed by atoms with E-state index >= 15 is 0 Å². The average Bonchev–Trinajstić information content (AvgIpc) is 2.41. The second-order valence-corrected chi connectivity index (χ2v) is 4.15. The van der Waals surface area contributed by atoms with Crippen molar-refractivity contribution in [2.45, 2.75) is 40.2 Å². The molecule has 0 aliphatic carbocycles. The van der Waals surface area contributed by atoms with E-state index in [2.05, 4.69) is 0 Å². The van der Waals surface area contributed by atoms with Crippen molar-refractivity contribution >= 4 is 5.97 Å². The highest BCUT2D eigenvalue weighted by molar-refractivity contribution is 5.90. The van der Waals surface area contributed by atoms with Crippen LogP contribution in [0.15, 0.2) is 18.2 Å². The molecule has 0 amide bonds. The molecule has 0 aromatic heterocycles. The van der Waals surface area contributed by atoms with Crippen LogP contribution in [0.1, 0.15) is 44.5 Å². The van der Waals surface area contributed by atoms with Gasteiger partial charge >= 0.3 is 5.97 Å². The van der Waals surface area contributed by atoms with Gasteiger partial charge in [-0.15, -0.1) is 0 Å². The van der Waals surface area contributed by atoms with Crippen molar-refractivity contribution in [1.29, 1.82) is 0 Å². The summed E-state index contributed by atoms with van der Waals surface area (Å²) in [5.41, 5.74) is 0.479. The van der Waals surface area contributed by atoms with Crippen molar-refractivity contribution in [3.05, 3.63) is 23.8 Å². The number of benzene rings is 1. The molecule has 0 aliphatic rings. The minimum absolute atomic E-state index is 0.0883. The first-order valence-corrected chi connectivity index (χ1v) is 6.72. The largest absolute Gasteiger partial charge is 0.490 e. The first-order valence-electron chi connectivity index (χ1n) is 6.72. The molecule has 106 valence electrons. The summed E-state index contributed by atoms with van der Waals surface area (Å²) >= 11 is 0. The van der Waals surface area contributed by atoms with Crippen molar-refractivity contribution < 1.29 is 19.0 Å². The topological polar surface area (TPSA) is 44.8 Å². The molecule has 0 radical (unpaired) electrons. The average molecular weight is 266 g/mol. The molecule has 1 aromatic carbocycles. The molecule has 0 saturated heterocycles. The summed E-state index contributed by atoms with van der Waals surface area (Å²) < 4.78 is 16.2. The standard InChI is InChI=1S/C15H22O4/c1-5-11(4)19-15(16)12-8-9-13(17-6-2)14(10-12)18-7-3/h8-11H,5-7H2,1-4H3. The minimum Gasteiger partial charge on any atom is -0.490 e. The van der Waals surface area contributed by atoms with E-state index in [-0.39, 0.29) is 12.1 Å². The van der Waals surface area contributed by atoms with Crippen molar-refractivity contribution in [2.75, 3.05) is 13.2 Å². The molecule has 0 aliphatic heterocycles. The van der Waals surface area contributed by atoms with Gasteiger partial charge in [0.2, 0.25) is 0 Å². The summed E-state index contributed by atoms with van der Waals surface area (Å²) in [6, 6.07) is 5.10. The third kappa shape index (κ3) is 4.47. The van der Waals surface area contributed by atoms with E-state index in [1.807, 2.05) is 27.7 Å². The van der Waals surface area contributed by atoms with E-state index in [1.54, 1.807) is 18.2 Å². The number of carbonyl (C=O) groups excluding carboxylic acids is 1. The molecular formula is C15H22O4. The number of esters is 1. The number of ether oxygens (including phenoxy) is 3. The van der Waals surface area contributed by atoms with Crippen LogP contribution in [0.3, 0.4) is 0 Å². The molecule has 0 spiro atoms. The van der Waals surface area contributed by atoms with E-state index < -0.39 is 0 Å². The molecule has 1 unspecified atom stereocenters. The first kappa shape index (κ1) is 15.3. The van der Waals surface area contributed by atoms with Gasteiger partial charge in [-0.3, -0.25) is 0 Å². The van der Waals surface area contributed by atoms with Crippen LogP contribution in [-0.4, -0.2) is 25.3 Å². The zero-order valence-electron chi connectivity index (χ0n) is 12.1. The Balaban J connectivity index is 2.90. The van der Waals surface area contributed by atoms with Gasteiger partial charge in [0.05, 0.1) is 24.9 Å². The molecule has 19 heavy (non-hydrogen) atoms. The van der Waals surface area contributed by atoms with Gasteiger partial charge in [-0.25, -0.2) is 4.79 Å². The van der Waals surface area contributed by atoms with Crippen LogP contribution in [0, 0.1) is 0 Å². The second kappa shape index (κ2) is 7.67. The lowest BCUT2D eigenvalue weighted by Gasteiger charge is -2.14. The zero-order chi connectivity index (χ0) is 14.3. The Morgan fingerprint density at radius 2 is 1.74 bits per heavy atom. The van der Waals surface area contributed by atoms with Crippen LogP contribution in [0.5, 0.6) is 11.5 Å². The van der Waals surface area contributed by atoms with E-state index in [4.69, 9.17) is 14.2 Å². The predicted molar refractivity (Wildman–Crippen MR) is 73.9 cm³/mol. The lowest BCUT2D eigenvalue weighted by molar-refractivity contribution is 0.0334. The third-order valence-electron chi connectivity index (χ3n) is 2.66. The molecule has 0 heterocycles. The van der Waals surface area contributed by atoms with Gasteiger partial charge in [-0.05, 0) is 45.4 Å². The Bertz CT molecular complexity index is 415. The molecule has 1 rings (SSSR count). The van der Waals surface area contributed by atoms with Crippen molar-refractivity contribution in [2.24, 2.45) is 0 Å². The Morgan fingerprint density at radius 1 is 1.11 bits per heavy atom. The van der Waals surface area contributed by atoms with Crippen LogP contribution >= 0.6 is 0 Å². The fourth-order valence-electron chi connectivity index (χ4n) is 1.51. The first-order chi connectivity index (χ1) is 9.12. The van der Waals surface area contributed by atoms with Gasteiger partial charge in [0.15, 0.2) is 11.5 Å². The minimum atomic E-state index is -0.335. The highest BCUT2D eigenvalue weighted by Gasteiger charge is 2.14. The SMILES string of the molecule is CCOc1ccc(C(=O)OC(C)CC)cc1OCC. The maximum Gasteiger partial charge on any atom is 0.338 e. The highest BCUT2D eigenvalue weighted by atomic mass is 16.5. The number of carbonyl (C=O) groups is 1. The maximum atomic E-state index is 11.9. The molecule has 1 atom stereocenters. The lowest BCUT2D eigenvalue weighted by atomic mass is 10.2. The smallest absolute Gasteiger partial charge is 0.338 e. The van der Waals surface area contributed by atoms with Gasteiger partial charge in [-0.2, -0.15) is 0 Å². The zero-order valence-corrected chi connectivity index (χ0v) is 12.1. The highest BCUT2D eigenvalue weighted by Crippen LogP contribution is 2.29. The summed E-state index contributed by atoms with van der Waals surface area (Å²) in [6.45, 7) is 8.71. The quantitative estimate of drug-likeness (QED) is 0.709. The van der Waals surface area contributed by atoms with E-state index in [9.17, 15) is 4.79 Å². The van der Waals surface area contributed by atoms with Crippen LogP contribution in [0.25, 0.3) is 0 Å². The van der Waals surface area contributed by atoms with E-state index in [1.165, 1.54) is 0 Å². The van der Waals surface area contributed by atoms with E-state index in [0.29, 0.717) is 30.3 Å². The Morgan fingerprint density at radius 3 is 2.32 bits per heavy atom. The number of hydrogen-bond donors (Lipinski definition) is 0. The molecule has 0 fully saturated rings. The van der Waals surface area contributed by atoms with Crippen LogP contribution in [0.2, 0.25) is 0 Å². The molecule has 4 nitrogen and oxygen atoms in total. The molecule has 1 aromatic rings. The van der Waals surface area contributed by atoms with Crippen LogP contribution in [0.4, 0.5) is 0 Å². The predicted octanol–water partition coefficient (Wildman–Crippen LogP) is 3.44. The van der Waals surface area contributed by atoms with Gasteiger partial charge in [-0.1, -0.05) is 6.92 Å². The second-order valence-electron chi connectivity index (χ2n) is 4.15. The summed E-state index contributed by atoms with van der Waals surface area (Å²) in [5, 5.41) is 0. The number of rotatable bonds is 7. The summed E-state index contributed by atoms with van der Waals surface area (Å²) in [7, 11) is 0. The van der Waals surface area contributed by atoms with Crippen molar-refractivity contribution in [3.8, 4) is 11.5 Å². The van der Waals surface area contributed by atoms with Gasteiger partial charge in [0, 0.05) is 0 Å². The van der Waals surface area contributed by atoms with Gasteiger partial charge in [0.1, 0.15) is 0 Å². The maximum absolute atomic E-state index is 11.9. The molecule has 0 bridgehead atoms. The summed E-state index contributed by atoms with van der Waals surface area (Å²) in [4.78, 5) is 11.9. The molecule has 0 saturated carbocycles. The Hall–Kier alpha value is -1.71. The van der Waals surface area contributed by atoms with E-state index in [0.717, 1.165) is 6.42 Å². The van der Waals surface area contributed by atoms with Crippen molar-refractivity contribution in [3.63, 3.8) is 0 Å². The summed E-state index contributed by atoms with van der Waals surface area (Å²) in [6.07, 6.45) is 0.704. The Labute approximate surface area is 114 Å². The monoisotopic (exact) mass is 266 g/mol. The van der Waals surface area contributed by atoms with Crippen molar-refractivity contribution in [1.82, 2.24) is 0 Å². The fraction of sp³-hybridized carbons (Fsp3) is 0.533. The van der Waals surface area contributed by atoms with Crippen LogP contribution < -0.4 is 9.47 Å². The van der Waals surface area contributed by atoms with Gasteiger partial charge in [0.25, 0.3) is 0 Å². The lowest BCUT2D eigenvalue weighted by Crippen LogP contribution is -2.14. The normalized spacial score (nSPS) is 11.8. The fourth-order valence-corrected chi connectivity index (χ4v) is 1.51. The molecular weight excluding hydrogens is 244 g/mol. The van der Waals surface area contributed by atoms with Gasteiger partial charge < -0.3 is 14.2 Å².